The molecule has 3 rings (SSSR count). The molecule has 19 heavy (non-hydrogen) atoms. The highest BCUT2D eigenvalue weighted by Crippen LogP contribution is 2.36. The molecule has 1 nitrogen and oxygen atoms in total. The van der Waals surface area contributed by atoms with Crippen molar-refractivity contribution < 1.29 is 0 Å². The van der Waals surface area contributed by atoms with Gasteiger partial charge in [0.1, 0.15) is 0 Å². The van der Waals surface area contributed by atoms with Crippen molar-refractivity contribution in [2.75, 3.05) is 0 Å². The van der Waals surface area contributed by atoms with Crippen LogP contribution in [0.1, 0.15) is 50.5 Å². The first kappa shape index (κ1) is 13.8. The van der Waals surface area contributed by atoms with Crippen LogP contribution in [0, 0.1) is 0 Å². The third-order valence-electron chi connectivity index (χ3n) is 4.03. The number of nitrogens with one attached hydrogen (secondary N) is 1. The highest BCUT2D eigenvalue weighted by atomic mass is 35.5. The molecule has 0 unspecified atom stereocenters. The fourth-order valence-corrected chi connectivity index (χ4v) is 4.26. The lowest BCUT2D eigenvalue weighted by atomic mass is 10.0. The zero-order valence-electron chi connectivity index (χ0n) is 11.3. The predicted octanol–water partition coefficient (Wildman–Crippen LogP) is 5.02. The Morgan fingerprint density at radius 3 is 2.63 bits per heavy atom. The highest BCUT2D eigenvalue weighted by molar-refractivity contribution is 8.00. The van der Waals surface area contributed by atoms with Crippen molar-refractivity contribution in [1.29, 1.82) is 0 Å². The van der Waals surface area contributed by atoms with Crippen LogP contribution < -0.4 is 5.32 Å². The summed E-state index contributed by atoms with van der Waals surface area (Å²) in [7, 11) is 0. The number of thioether (sulfide) groups is 1. The predicted molar refractivity (Wildman–Crippen MR) is 84.0 cm³/mol. The second-order valence-electron chi connectivity index (χ2n) is 5.79. The minimum absolute atomic E-state index is 0.756. The lowest BCUT2D eigenvalue weighted by Crippen LogP contribution is -2.16. The van der Waals surface area contributed by atoms with Crippen molar-refractivity contribution in [3.05, 3.63) is 28.8 Å². The molecular formula is C16H22ClNS. The first-order valence-electron chi connectivity index (χ1n) is 7.50. The number of benzene rings is 1. The van der Waals surface area contributed by atoms with E-state index in [4.69, 9.17) is 11.6 Å². The van der Waals surface area contributed by atoms with E-state index in [2.05, 4.69) is 29.2 Å². The smallest absolute Gasteiger partial charge is 0.0410 e. The molecule has 0 heterocycles. The Hall–Kier alpha value is -0.180. The Bertz CT molecular complexity index is 425. The van der Waals surface area contributed by atoms with E-state index in [1.807, 2.05) is 6.07 Å². The maximum atomic E-state index is 6.15. The van der Waals surface area contributed by atoms with Crippen LogP contribution in [0.25, 0.3) is 0 Å². The van der Waals surface area contributed by atoms with Crippen LogP contribution in [-0.4, -0.2) is 11.3 Å². The van der Waals surface area contributed by atoms with Crippen molar-refractivity contribution in [3.8, 4) is 0 Å². The molecule has 0 spiro atoms. The van der Waals surface area contributed by atoms with E-state index < -0.39 is 0 Å². The van der Waals surface area contributed by atoms with E-state index in [0.717, 1.165) is 22.9 Å². The summed E-state index contributed by atoms with van der Waals surface area (Å²) in [6.45, 7) is 0.972. The quantitative estimate of drug-likeness (QED) is 0.819. The van der Waals surface area contributed by atoms with Crippen LogP contribution in [-0.2, 0) is 6.54 Å². The molecule has 2 aliphatic carbocycles. The molecule has 1 N–H and O–H groups in total. The first-order valence-corrected chi connectivity index (χ1v) is 8.75. The second-order valence-corrected chi connectivity index (χ2v) is 7.56. The van der Waals surface area contributed by atoms with E-state index in [1.165, 1.54) is 55.4 Å². The van der Waals surface area contributed by atoms with Gasteiger partial charge in [-0.1, -0.05) is 30.9 Å². The van der Waals surface area contributed by atoms with Crippen LogP contribution >= 0.6 is 23.4 Å². The van der Waals surface area contributed by atoms with Crippen LogP contribution in [0.15, 0.2) is 23.1 Å². The van der Waals surface area contributed by atoms with Crippen LogP contribution in [0.2, 0.25) is 5.02 Å². The van der Waals surface area contributed by atoms with Gasteiger partial charge in [-0.25, -0.2) is 0 Å². The maximum absolute atomic E-state index is 6.15. The number of hydrogen-bond acceptors (Lipinski definition) is 2. The van der Waals surface area contributed by atoms with Gasteiger partial charge in [0.2, 0.25) is 0 Å². The average molecular weight is 296 g/mol. The average Bonchev–Trinajstić information content (AvgIpc) is 3.24. The van der Waals surface area contributed by atoms with Crippen LogP contribution in [0.3, 0.4) is 0 Å². The summed E-state index contributed by atoms with van der Waals surface area (Å²) in [5.41, 5.74) is 1.38. The number of halogens is 1. The molecular weight excluding hydrogens is 274 g/mol. The molecule has 0 aromatic heterocycles. The van der Waals surface area contributed by atoms with E-state index in [1.54, 1.807) is 0 Å². The zero-order chi connectivity index (χ0) is 13.1. The molecule has 104 valence electrons. The summed E-state index contributed by atoms with van der Waals surface area (Å²) in [6.07, 6.45) is 9.67. The summed E-state index contributed by atoms with van der Waals surface area (Å²) < 4.78 is 0. The fourth-order valence-electron chi connectivity index (χ4n) is 2.71. The van der Waals surface area contributed by atoms with Crippen molar-refractivity contribution in [3.63, 3.8) is 0 Å². The largest absolute Gasteiger partial charge is 0.310 e. The summed E-state index contributed by atoms with van der Waals surface area (Å²) in [5, 5.41) is 5.28. The van der Waals surface area contributed by atoms with Gasteiger partial charge in [0.15, 0.2) is 0 Å². The summed E-state index contributed by atoms with van der Waals surface area (Å²) in [6, 6.07) is 7.15. The third-order valence-corrected chi connectivity index (χ3v) is 5.72. The maximum Gasteiger partial charge on any atom is 0.0410 e. The normalized spacial score (nSPS) is 20.7. The van der Waals surface area contributed by atoms with Gasteiger partial charge in [0.25, 0.3) is 0 Å². The van der Waals surface area contributed by atoms with E-state index in [0.29, 0.717) is 0 Å². The van der Waals surface area contributed by atoms with Gasteiger partial charge in [-0.05, 0) is 49.4 Å². The van der Waals surface area contributed by atoms with Crippen molar-refractivity contribution in [2.24, 2.45) is 0 Å². The van der Waals surface area contributed by atoms with Gasteiger partial charge >= 0.3 is 0 Å². The van der Waals surface area contributed by atoms with Gasteiger partial charge in [0, 0.05) is 27.8 Å². The van der Waals surface area contributed by atoms with E-state index >= 15 is 0 Å². The number of hydrogen-bond donors (Lipinski definition) is 1. The Labute approximate surface area is 125 Å². The Morgan fingerprint density at radius 2 is 1.89 bits per heavy atom. The third kappa shape index (κ3) is 4.14. The van der Waals surface area contributed by atoms with Gasteiger partial charge in [-0.15, -0.1) is 11.8 Å². The van der Waals surface area contributed by atoms with Crippen molar-refractivity contribution in [1.82, 2.24) is 5.32 Å². The first-order chi connectivity index (χ1) is 9.31. The van der Waals surface area contributed by atoms with Gasteiger partial charge in [-0.2, -0.15) is 0 Å². The summed E-state index contributed by atoms with van der Waals surface area (Å²) >= 11 is 8.23. The molecule has 0 aliphatic heterocycles. The molecule has 1 aromatic rings. The molecule has 3 heteroatoms. The van der Waals surface area contributed by atoms with Gasteiger partial charge < -0.3 is 5.32 Å². The Balaban J connectivity index is 1.66. The SMILES string of the molecule is Clc1ccc(SC2CCCCC2)c(CNC2CC2)c1. The topological polar surface area (TPSA) is 12.0 Å². The lowest BCUT2D eigenvalue weighted by Gasteiger charge is -2.22. The van der Waals surface area contributed by atoms with Crippen LogP contribution in [0.4, 0.5) is 0 Å². The number of rotatable bonds is 5. The van der Waals surface area contributed by atoms with Crippen molar-refractivity contribution >= 4 is 23.4 Å². The molecule has 0 saturated heterocycles. The van der Waals surface area contributed by atoms with Crippen molar-refractivity contribution in [2.45, 2.75) is 67.7 Å². The molecule has 0 radical (unpaired) electrons. The second kappa shape index (κ2) is 6.51. The Kier molecular flexibility index (Phi) is 4.73. The molecule has 2 aliphatic rings. The molecule has 1 aromatic carbocycles. The molecule has 2 fully saturated rings. The fraction of sp³-hybridized carbons (Fsp3) is 0.625. The van der Waals surface area contributed by atoms with Gasteiger partial charge in [-0.3, -0.25) is 0 Å². The lowest BCUT2D eigenvalue weighted by molar-refractivity contribution is 0.516. The molecule has 0 bridgehead atoms. The van der Waals surface area contributed by atoms with E-state index in [9.17, 15) is 0 Å². The monoisotopic (exact) mass is 295 g/mol. The zero-order valence-corrected chi connectivity index (χ0v) is 12.9. The minimum Gasteiger partial charge on any atom is -0.310 e. The standard InChI is InChI=1S/C16H22ClNS/c17-13-6-9-16(19-15-4-2-1-3-5-15)12(10-13)11-18-14-7-8-14/h6,9-10,14-15,18H,1-5,7-8,11H2. The summed E-state index contributed by atoms with van der Waals surface area (Å²) in [5.74, 6) is 0. The molecule has 2 saturated carbocycles. The summed E-state index contributed by atoms with van der Waals surface area (Å²) in [4.78, 5) is 1.43. The molecule has 0 amide bonds. The Morgan fingerprint density at radius 1 is 1.11 bits per heavy atom. The molecule has 0 atom stereocenters. The minimum atomic E-state index is 0.756. The highest BCUT2D eigenvalue weighted by Gasteiger charge is 2.21. The van der Waals surface area contributed by atoms with Crippen LogP contribution in [0.5, 0.6) is 0 Å². The van der Waals surface area contributed by atoms with E-state index in [-0.39, 0.29) is 0 Å². The van der Waals surface area contributed by atoms with Gasteiger partial charge in [0.05, 0.1) is 0 Å².